The first-order valence-electron chi connectivity index (χ1n) is 11.6. The standard InChI is InChI=1S/C27H22ClN3O4/c28-21-13-16(17-6-8-22(30-14-17)25(33)31-11-2-12-31)5-7-18(21)24(32)19-3-1-4-20-23(19)26(34)35-27(20)9-10-29-15-27/h1,3-8,13-14,29H,2,9-12,15H2/t27-/m0/s1. The van der Waals surface area contributed by atoms with Crippen molar-refractivity contribution >= 4 is 29.3 Å². The van der Waals surface area contributed by atoms with Crippen molar-refractivity contribution in [3.63, 3.8) is 0 Å². The Labute approximate surface area is 207 Å². The van der Waals surface area contributed by atoms with Gasteiger partial charge in [-0.25, -0.2) is 4.79 Å². The number of carbonyl (C=O) groups is 3. The highest BCUT2D eigenvalue weighted by molar-refractivity contribution is 6.35. The normalized spacial score (nSPS) is 20.5. The monoisotopic (exact) mass is 487 g/mol. The maximum absolute atomic E-state index is 13.5. The van der Waals surface area contributed by atoms with E-state index in [2.05, 4.69) is 10.3 Å². The molecule has 1 atom stereocenters. The Morgan fingerprint density at radius 1 is 1.06 bits per heavy atom. The van der Waals surface area contributed by atoms with Crippen LogP contribution in [-0.2, 0) is 10.3 Å². The number of aromatic nitrogens is 1. The van der Waals surface area contributed by atoms with Crippen LogP contribution in [-0.4, -0.2) is 53.7 Å². The molecule has 3 aromatic rings. The molecule has 3 aliphatic heterocycles. The molecule has 6 rings (SSSR count). The second-order valence-corrected chi connectivity index (χ2v) is 9.55. The van der Waals surface area contributed by atoms with E-state index >= 15 is 0 Å². The molecule has 35 heavy (non-hydrogen) atoms. The summed E-state index contributed by atoms with van der Waals surface area (Å²) in [6.45, 7) is 2.83. The lowest BCUT2D eigenvalue weighted by Crippen LogP contribution is -2.42. The van der Waals surface area contributed by atoms with Crippen LogP contribution in [0, 0.1) is 0 Å². The van der Waals surface area contributed by atoms with E-state index in [1.165, 1.54) is 0 Å². The minimum Gasteiger partial charge on any atom is -0.449 e. The van der Waals surface area contributed by atoms with Crippen molar-refractivity contribution in [1.29, 1.82) is 0 Å². The number of nitrogens with one attached hydrogen (secondary N) is 1. The SMILES string of the molecule is O=C(c1ccc(-c2ccc(C(=O)N3CCC3)nc2)cc1Cl)c1cccc2c1C(=O)O[C@]21CCNC1. The minimum atomic E-state index is -0.702. The summed E-state index contributed by atoms with van der Waals surface area (Å²) in [5.41, 5.74) is 2.94. The van der Waals surface area contributed by atoms with Crippen LogP contribution in [0.3, 0.4) is 0 Å². The van der Waals surface area contributed by atoms with Crippen molar-refractivity contribution < 1.29 is 19.1 Å². The Morgan fingerprint density at radius 2 is 1.89 bits per heavy atom. The van der Waals surface area contributed by atoms with Gasteiger partial charge in [-0.3, -0.25) is 14.6 Å². The average molecular weight is 488 g/mol. The van der Waals surface area contributed by atoms with Crippen molar-refractivity contribution in [3.05, 3.63) is 87.7 Å². The summed E-state index contributed by atoms with van der Waals surface area (Å²) in [5, 5.41) is 3.51. The third kappa shape index (κ3) is 3.54. The molecule has 7 nitrogen and oxygen atoms in total. The van der Waals surface area contributed by atoms with Crippen LogP contribution in [0.1, 0.15) is 55.2 Å². The van der Waals surface area contributed by atoms with E-state index < -0.39 is 11.6 Å². The van der Waals surface area contributed by atoms with Crippen molar-refractivity contribution in [2.24, 2.45) is 0 Å². The number of rotatable bonds is 4. The zero-order valence-corrected chi connectivity index (χ0v) is 19.6. The Hall–Kier alpha value is -3.55. The molecule has 0 radical (unpaired) electrons. The number of likely N-dealkylation sites (tertiary alicyclic amines) is 1. The van der Waals surface area contributed by atoms with Crippen molar-refractivity contribution in [2.75, 3.05) is 26.2 Å². The number of ketones is 1. The van der Waals surface area contributed by atoms with Gasteiger partial charge < -0.3 is 15.0 Å². The largest absolute Gasteiger partial charge is 0.449 e. The van der Waals surface area contributed by atoms with E-state index in [1.807, 2.05) is 12.1 Å². The van der Waals surface area contributed by atoms with Crippen molar-refractivity contribution in [3.8, 4) is 11.1 Å². The van der Waals surface area contributed by atoms with Crippen molar-refractivity contribution in [2.45, 2.75) is 18.4 Å². The lowest BCUT2D eigenvalue weighted by atomic mass is 9.87. The Morgan fingerprint density at radius 3 is 2.54 bits per heavy atom. The molecule has 0 bridgehead atoms. The average Bonchev–Trinajstić information content (AvgIpc) is 3.42. The number of fused-ring (bicyclic) bond motifs is 2. The van der Waals surface area contributed by atoms with E-state index in [-0.39, 0.29) is 16.7 Å². The number of amides is 1. The van der Waals surface area contributed by atoms with Gasteiger partial charge in [0.2, 0.25) is 0 Å². The third-order valence-electron chi connectivity index (χ3n) is 7.08. The number of hydrogen-bond donors (Lipinski definition) is 1. The molecule has 2 aromatic carbocycles. The summed E-state index contributed by atoms with van der Waals surface area (Å²) < 4.78 is 5.75. The van der Waals surface area contributed by atoms with Crippen LogP contribution in [0.15, 0.2) is 54.7 Å². The Kier molecular flexibility index (Phi) is 5.20. The first-order valence-corrected chi connectivity index (χ1v) is 12.0. The lowest BCUT2D eigenvalue weighted by Gasteiger charge is -2.30. The number of ether oxygens (including phenoxy) is 1. The van der Waals surface area contributed by atoms with Gasteiger partial charge in [-0.2, -0.15) is 0 Å². The molecule has 4 heterocycles. The topological polar surface area (TPSA) is 88.6 Å². The van der Waals surface area contributed by atoms with Gasteiger partial charge in [0, 0.05) is 54.5 Å². The quantitative estimate of drug-likeness (QED) is 0.444. The summed E-state index contributed by atoms with van der Waals surface area (Å²) in [7, 11) is 0. The zero-order chi connectivity index (χ0) is 24.2. The molecule has 2 saturated heterocycles. The van der Waals surface area contributed by atoms with E-state index in [1.54, 1.807) is 47.5 Å². The number of esters is 1. The van der Waals surface area contributed by atoms with E-state index in [4.69, 9.17) is 16.3 Å². The number of carbonyl (C=O) groups excluding carboxylic acids is 3. The second-order valence-electron chi connectivity index (χ2n) is 9.14. The van der Waals surface area contributed by atoms with Gasteiger partial charge in [0.25, 0.3) is 5.91 Å². The number of nitrogens with zero attached hydrogens (tertiary/aromatic N) is 2. The highest BCUT2D eigenvalue weighted by Crippen LogP contribution is 2.42. The van der Waals surface area contributed by atoms with Gasteiger partial charge in [-0.1, -0.05) is 41.9 Å². The maximum atomic E-state index is 13.5. The van der Waals surface area contributed by atoms with Crippen LogP contribution in [0.5, 0.6) is 0 Å². The van der Waals surface area contributed by atoms with Crippen LogP contribution < -0.4 is 5.32 Å². The first kappa shape index (κ1) is 21.9. The molecule has 1 amide bonds. The van der Waals surface area contributed by atoms with Crippen molar-refractivity contribution in [1.82, 2.24) is 15.2 Å². The highest BCUT2D eigenvalue weighted by Gasteiger charge is 2.49. The summed E-state index contributed by atoms with van der Waals surface area (Å²) in [6.07, 6.45) is 3.34. The molecule has 3 aliphatic rings. The van der Waals surface area contributed by atoms with Gasteiger partial charge >= 0.3 is 5.97 Å². The molecule has 2 fully saturated rings. The van der Waals surface area contributed by atoms with Crippen LogP contribution in [0.4, 0.5) is 0 Å². The van der Waals surface area contributed by atoms with Crippen LogP contribution >= 0.6 is 11.6 Å². The molecule has 0 aliphatic carbocycles. The van der Waals surface area contributed by atoms with Crippen LogP contribution in [0.25, 0.3) is 11.1 Å². The van der Waals surface area contributed by atoms with Gasteiger partial charge in [-0.15, -0.1) is 0 Å². The van der Waals surface area contributed by atoms with Crippen LogP contribution in [0.2, 0.25) is 5.02 Å². The molecule has 0 unspecified atom stereocenters. The predicted molar refractivity (Wildman–Crippen MR) is 130 cm³/mol. The Bertz CT molecular complexity index is 1380. The number of pyridine rings is 1. The predicted octanol–water partition coefficient (Wildman–Crippen LogP) is 3.84. The Balaban J connectivity index is 1.29. The molecule has 176 valence electrons. The van der Waals surface area contributed by atoms with Gasteiger partial charge in [0.1, 0.15) is 5.69 Å². The second kappa shape index (κ2) is 8.29. The fourth-order valence-corrected chi connectivity index (χ4v) is 5.27. The summed E-state index contributed by atoms with van der Waals surface area (Å²) in [5.74, 6) is -0.864. The molecule has 0 saturated carbocycles. The zero-order valence-electron chi connectivity index (χ0n) is 18.8. The third-order valence-corrected chi connectivity index (χ3v) is 7.39. The lowest BCUT2D eigenvalue weighted by molar-refractivity contribution is 0.00158. The summed E-state index contributed by atoms with van der Waals surface area (Å²) in [4.78, 5) is 44.7. The summed E-state index contributed by atoms with van der Waals surface area (Å²) in [6, 6.07) is 14.0. The number of halogens is 1. The number of benzene rings is 2. The molecular formula is C27H22ClN3O4. The molecule has 1 N–H and O–H groups in total. The highest BCUT2D eigenvalue weighted by atomic mass is 35.5. The minimum absolute atomic E-state index is 0.0640. The maximum Gasteiger partial charge on any atom is 0.340 e. The fourth-order valence-electron chi connectivity index (χ4n) is 5.01. The van der Waals surface area contributed by atoms with E-state index in [0.717, 1.165) is 42.7 Å². The van der Waals surface area contributed by atoms with Gasteiger partial charge in [-0.05, 0) is 36.7 Å². The van der Waals surface area contributed by atoms with E-state index in [0.29, 0.717) is 35.3 Å². The molecular weight excluding hydrogens is 466 g/mol. The molecule has 1 aromatic heterocycles. The van der Waals surface area contributed by atoms with Gasteiger partial charge in [0.05, 0.1) is 10.6 Å². The smallest absolute Gasteiger partial charge is 0.340 e. The van der Waals surface area contributed by atoms with Gasteiger partial charge in [0.15, 0.2) is 11.4 Å². The first-order chi connectivity index (χ1) is 17.0. The molecule has 1 spiro atoms. The van der Waals surface area contributed by atoms with E-state index in [9.17, 15) is 14.4 Å². The number of hydrogen-bond acceptors (Lipinski definition) is 6. The summed E-state index contributed by atoms with van der Waals surface area (Å²) >= 11 is 6.55. The fraction of sp³-hybridized carbons (Fsp3) is 0.259. The molecule has 8 heteroatoms.